The molecule has 0 spiro atoms. The maximum absolute atomic E-state index is 12.1. The first kappa shape index (κ1) is 15.2. The van der Waals surface area contributed by atoms with Crippen molar-refractivity contribution < 1.29 is 13.2 Å². The lowest BCUT2D eigenvalue weighted by Crippen LogP contribution is -2.26. The lowest BCUT2D eigenvalue weighted by atomic mass is 10.2. The van der Waals surface area contributed by atoms with Gasteiger partial charge < -0.3 is 4.90 Å². The normalized spacial score (nSPS) is 14.2. The molecule has 1 aliphatic heterocycles. The Morgan fingerprint density at radius 2 is 2.20 bits per heavy atom. The van der Waals surface area contributed by atoms with Gasteiger partial charge >= 0.3 is 0 Å². The summed E-state index contributed by atoms with van der Waals surface area (Å²) < 4.78 is 27.2. The molecule has 1 aromatic carbocycles. The molecule has 0 aliphatic carbocycles. The molecule has 0 saturated carbocycles. The largest absolute Gasteiger partial charge is 0.312 e. The van der Waals surface area contributed by atoms with Gasteiger partial charge in [0.1, 0.15) is 0 Å². The number of rotatable bonds is 4. The Kier molecular flexibility index (Phi) is 4.31. The fraction of sp³-hybridized carbons (Fsp3) is 0.308. The molecule has 1 aliphatic rings. The van der Waals surface area contributed by atoms with E-state index in [0.29, 0.717) is 17.4 Å². The van der Waals surface area contributed by atoms with Crippen molar-refractivity contribution in [1.82, 2.24) is 4.72 Å². The van der Waals surface area contributed by atoms with Gasteiger partial charge in [-0.2, -0.15) is 0 Å². The van der Waals surface area contributed by atoms with Crippen LogP contribution in [0.5, 0.6) is 0 Å². The van der Waals surface area contributed by atoms with Gasteiger partial charge in [-0.15, -0.1) is 0 Å². The van der Waals surface area contributed by atoms with E-state index in [2.05, 4.69) is 27.2 Å². The van der Waals surface area contributed by atoms with Crippen LogP contribution in [0.15, 0.2) is 34.2 Å². The van der Waals surface area contributed by atoms with Crippen molar-refractivity contribution in [2.45, 2.75) is 18.2 Å². The molecule has 5 nitrogen and oxygen atoms in total. The molecule has 7 heteroatoms. The van der Waals surface area contributed by atoms with E-state index >= 15 is 0 Å². The summed E-state index contributed by atoms with van der Waals surface area (Å²) in [5, 5.41) is 0. The van der Waals surface area contributed by atoms with Gasteiger partial charge in [0.25, 0.3) is 0 Å². The molecule has 0 unspecified atom stereocenters. The van der Waals surface area contributed by atoms with E-state index in [1.165, 1.54) is 13.0 Å². The van der Waals surface area contributed by atoms with Crippen LogP contribution in [-0.2, 0) is 21.2 Å². The van der Waals surface area contributed by atoms with Crippen LogP contribution in [0.25, 0.3) is 0 Å². The number of benzene rings is 1. The molecule has 0 fully saturated rings. The van der Waals surface area contributed by atoms with Gasteiger partial charge in [0.05, 0.1) is 4.90 Å². The zero-order valence-electron chi connectivity index (χ0n) is 11.0. The van der Waals surface area contributed by atoms with Crippen molar-refractivity contribution in [3.8, 4) is 0 Å². The predicted octanol–water partition coefficient (Wildman–Crippen LogP) is 1.78. The summed E-state index contributed by atoms with van der Waals surface area (Å²) in [5.41, 5.74) is 1.67. The second kappa shape index (κ2) is 5.67. The second-order valence-corrected chi connectivity index (χ2v) is 7.44. The topological polar surface area (TPSA) is 66.5 Å². The van der Waals surface area contributed by atoms with Crippen molar-refractivity contribution in [2.24, 2.45) is 0 Å². The summed E-state index contributed by atoms with van der Waals surface area (Å²) in [7, 11) is -3.56. The number of nitrogens with zero attached hydrogens (tertiary/aromatic N) is 1. The van der Waals surface area contributed by atoms with E-state index in [4.69, 9.17) is 0 Å². The molecule has 2 rings (SSSR count). The SMILES string of the molecule is C=C(Br)CNS(=O)(=O)c1ccc2c(c1)CCN2C(C)=O. The quantitative estimate of drug-likeness (QED) is 0.891. The van der Waals surface area contributed by atoms with Crippen molar-refractivity contribution in [2.75, 3.05) is 18.0 Å². The molecule has 108 valence electrons. The average molecular weight is 359 g/mol. The first-order chi connectivity index (χ1) is 9.31. The lowest BCUT2D eigenvalue weighted by molar-refractivity contribution is -0.116. The lowest BCUT2D eigenvalue weighted by Gasteiger charge is -2.15. The van der Waals surface area contributed by atoms with E-state index in [9.17, 15) is 13.2 Å². The Balaban J connectivity index is 2.29. The van der Waals surface area contributed by atoms with Crippen LogP contribution in [-0.4, -0.2) is 27.4 Å². The number of anilines is 1. The molecule has 0 atom stereocenters. The predicted molar refractivity (Wildman–Crippen MR) is 81.4 cm³/mol. The number of halogens is 1. The van der Waals surface area contributed by atoms with Crippen molar-refractivity contribution >= 4 is 37.5 Å². The standard InChI is InChI=1S/C13H15BrN2O3S/c1-9(14)8-15-20(18,19)12-3-4-13-11(7-12)5-6-16(13)10(2)17/h3-4,7,15H,1,5-6,8H2,2H3. The highest BCUT2D eigenvalue weighted by molar-refractivity contribution is 9.11. The number of nitrogens with one attached hydrogen (secondary N) is 1. The van der Waals surface area contributed by atoms with Gasteiger partial charge in [0.15, 0.2) is 0 Å². The summed E-state index contributed by atoms with van der Waals surface area (Å²) in [6, 6.07) is 4.82. The monoisotopic (exact) mass is 358 g/mol. The molecule has 1 amide bonds. The van der Waals surface area contributed by atoms with Crippen LogP contribution < -0.4 is 9.62 Å². The molecular formula is C13H15BrN2O3S. The zero-order valence-corrected chi connectivity index (χ0v) is 13.4. The average Bonchev–Trinajstić information content (AvgIpc) is 2.79. The highest BCUT2D eigenvalue weighted by atomic mass is 79.9. The Morgan fingerprint density at radius 1 is 1.50 bits per heavy atom. The summed E-state index contributed by atoms with van der Waals surface area (Å²) in [6.45, 7) is 5.82. The second-order valence-electron chi connectivity index (χ2n) is 4.55. The summed E-state index contributed by atoms with van der Waals surface area (Å²) >= 11 is 3.11. The van der Waals surface area contributed by atoms with E-state index < -0.39 is 10.0 Å². The molecule has 1 aromatic rings. The van der Waals surface area contributed by atoms with Gasteiger partial charge in [-0.3, -0.25) is 4.79 Å². The minimum Gasteiger partial charge on any atom is -0.312 e. The minimum absolute atomic E-state index is 0.0342. The molecule has 0 saturated heterocycles. The summed E-state index contributed by atoms with van der Waals surface area (Å²) in [5.74, 6) is -0.0342. The van der Waals surface area contributed by atoms with Gasteiger partial charge in [-0.05, 0) is 30.2 Å². The van der Waals surface area contributed by atoms with Crippen LogP contribution >= 0.6 is 15.9 Å². The molecule has 0 bridgehead atoms. The number of sulfonamides is 1. The third-order valence-corrected chi connectivity index (χ3v) is 4.77. The molecule has 1 heterocycles. The van der Waals surface area contributed by atoms with Crippen LogP contribution in [0, 0.1) is 0 Å². The van der Waals surface area contributed by atoms with Crippen LogP contribution in [0.2, 0.25) is 0 Å². The zero-order chi connectivity index (χ0) is 14.9. The number of amides is 1. The first-order valence-electron chi connectivity index (χ1n) is 6.05. The smallest absolute Gasteiger partial charge is 0.240 e. The highest BCUT2D eigenvalue weighted by Crippen LogP contribution is 2.30. The molecular weight excluding hydrogens is 344 g/mol. The van der Waals surface area contributed by atoms with Crippen LogP contribution in [0.4, 0.5) is 5.69 Å². The van der Waals surface area contributed by atoms with E-state index in [1.54, 1.807) is 17.0 Å². The van der Waals surface area contributed by atoms with Gasteiger partial charge in [-0.25, -0.2) is 13.1 Å². The maximum atomic E-state index is 12.1. The summed E-state index contributed by atoms with van der Waals surface area (Å²) in [6.07, 6.45) is 0.670. The number of carbonyl (C=O) groups excluding carboxylic acids is 1. The minimum atomic E-state index is -3.56. The van der Waals surface area contributed by atoms with E-state index in [0.717, 1.165) is 11.3 Å². The maximum Gasteiger partial charge on any atom is 0.240 e. The van der Waals surface area contributed by atoms with Crippen molar-refractivity contribution in [3.63, 3.8) is 0 Å². The van der Waals surface area contributed by atoms with E-state index in [1.807, 2.05) is 0 Å². The fourth-order valence-electron chi connectivity index (χ4n) is 2.13. The summed E-state index contributed by atoms with van der Waals surface area (Å²) in [4.78, 5) is 13.3. The van der Waals surface area contributed by atoms with Gasteiger partial charge in [-0.1, -0.05) is 22.5 Å². The van der Waals surface area contributed by atoms with Crippen LogP contribution in [0.3, 0.4) is 0 Å². The fourth-order valence-corrected chi connectivity index (χ4v) is 3.53. The van der Waals surface area contributed by atoms with Crippen LogP contribution in [0.1, 0.15) is 12.5 Å². The van der Waals surface area contributed by atoms with Crippen molar-refractivity contribution in [3.05, 3.63) is 34.8 Å². The third kappa shape index (κ3) is 3.11. The van der Waals surface area contributed by atoms with Gasteiger partial charge in [0, 0.05) is 30.2 Å². The molecule has 1 N–H and O–H groups in total. The van der Waals surface area contributed by atoms with Gasteiger partial charge in [0.2, 0.25) is 15.9 Å². The van der Waals surface area contributed by atoms with E-state index in [-0.39, 0.29) is 17.3 Å². The molecule has 0 aromatic heterocycles. The Bertz CT molecular complexity index is 670. The third-order valence-electron chi connectivity index (χ3n) is 3.09. The first-order valence-corrected chi connectivity index (χ1v) is 8.33. The number of hydrogen-bond acceptors (Lipinski definition) is 3. The highest BCUT2D eigenvalue weighted by Gasteiger charge is 2.24. The molecule has 0 radical (unpaired) electrons. The Labute approximate surface area is 126 Å². The number of fused-ring (bicyclic) bond motifs is 1. The van der Waals surface area contributed by atoms with Crippen molar-refractivity contribution in [1.29, 1.82) is 0 Å². The number of hydrogen-bond donors (Lipinski definition) is 1. The Morgan fingerprint density at radius 3 is 2.80 bits per heavy atom. The Hall–Kier alpha value is -1.18. The number of carbonyl (C=O) groups is 1. The molecule has 20 heavy (non-hydrogen) atoms.